The van der Waals surface area contributed by atoms with Crippen LogP contribution in [0.2, 0.25) is 0 Å². The number of carboxylic acid groups (broad SMARTS) is 1. The number of halogens is 1. The average Bonchev–Trinajstić information content (AvgIpc) is 3.12. The van der Waals surface area contributed by atoms with E-state index < -0.39 is 11.8 Å². The first-order chi connectivity index (χ1) is 11.9. The number of nitrogens with zero attached hydrogens (tertiary/aromatic N) is 1. The second kappa shape index (κ2) is 6.76. The molecule has 3 aromatic rings. The molecule has 0 saturated carbocycles. The molecule has 2 heterocycles. The topological polar surface area (TPSA) is 60.7 Å². The van der Waals surface area contributed by atoms with Crippen molar-refractivity contribution < 1.29 is 23.8 Å². The minimum absolute atomic E-state index is 0.105. The Morgan fingerprint density at radius 2 is 2.04 bits per heavy atom. The number of benzene rings is 1. The molecule has 0 fully saturated rings. The van der Waals surface area contributed by atoms with Crippen LogP contribution in [0, 0.1) is 12.7 Å². The maximum absolute atomic E-state index is 14.2. The van der Waals surface area contributed by atoms with Crippen LogP contribution in [0.5, 0.6) is 10.8 Å². The Kier molecular flexibility index (Phi) is 4.67. The number of aromatic nitrogens is 1. The Morgan fingerprint density at radius 1 is 1.28 bits per heavy atom. The van der Waals surface area contributed by atoms with Crippen molar-refractivity contribution in [2.75, 3.05) is 14.2 Å². The monoisotopic (exact) mass is 363 g/mol. The molecule has 1 aromatic carbocycles. The summed E-state index contributed by atoms with van der Waals surface area (Å²) in [7, 11) is 3.00. The van der Waals surface area contributed by atoms with Gasteiger partial charge in [0.05, 0.1) is 26.2 Å². The van der Waals surface area contributed by atoms with E-state index >= 15 is 0 Å². The smallest absolute Gasteiger partial charge is 0.307 e. The third-order valence-electron chi connectivity index (χ3n) is 4.23. The van der Waals surface area contributed by atoms with Crippen molar-refractivity contribution >= 4 is 28.2 Å². The van der Waals surface area contributed by atoms with Crippen LogP contribution in [-0.4, -0.2) is 29.9 Å². The van der Waals surface area contributed by atoms with Crippen molar-refractivity contribution in [3.05, 3.63) is 46.2 Å². The molecule has 5 nitrogen and oxygen atoms in total. The van der Waals surface area contributed by atoms with Crippen molar-refractivity contribution in [2.45, 2.75) is 19.9 Å². The number of methoxy groups -OCH3 is 2. The van der Waals surface area contributed by atoms with Gasteiger partial charge in [-0.2, -0.15) is 0 Å². The highest BCUT2D eigenvalue weighted by molar-refractivity contribution is 7.12. The summed E-state index contributed by atoms with van der Waals surface area (Å²) in [5, 5.41) is 12.7. The van der Waals surface area contributed by atoms with E-state index in [9.17, 15) is 14.3 Å². The van der Waals surface area contributed by atoms with E-state index in [-0.39, 0.29) is 12.2 Å². The van der Waals surface area contributed by atoms with E-state index in [4.69, 9.17) is 9.47 Å². The second-order valence-electron chi connectivity index (χ2n) is 5.70. The van der Waals surface area contributed by atoms with Crippen molar-refractivity contribution in [2.24, 2.45) is 0 Å². The Labute approximate surface area is 148 Å². The molecule has 1 N–H and O–H groups in total. The first kappa shape index (κ1) is 17.3. The van der Waals surface area contributed by atoms with Crippen LogP contribution in [0.15, 0.2) is 23.6 Å². The average molecular weight is 363 g/mol. The number of fused-ring (bicyclic) bond motifs is 1. The summed E-state index contributed by atoms with van der Waals surface area (Å²) < 4.78 is 26.4. The number of carbonyl (C=O) groups is 1. The van der Waals surface area contributed by atoms with Crippen molar-refractivity contribution in [3.8, 4) is 10.8 Å². The lowest BCUT2D eigenvalue weighted by Crippen LogP contribution is -2.04. The van der Waals surface area contributed by atoms with E-state index in [1.165, 1.54) is 24.5 Å². The van der Waals surface area contributed by atoms with Gasteiger partial charge in [0.2, 0.25) is 0 Å². The van der Waals surface area contributed by atoms with Gasteiger partial charge in [0.15, 0.2) is 16.6 Å². The molecule has 0 aliphatic heterocycles. The molecule has 0 aliphatic rings. The number of carboxylic acids is 1. The first-order valence-corrected chi connectivity index (χ1v) is 8.51. The molecule has 7 heteroatoms. The number of hydrogen-bond acceptors (Lipinski definition) is 4. The van der Waals surface area contributed by atoms with Gasteiger partial charge in [0, 0.05) is 23.7 Å². The molecular weight excluding hydrogens is 345 g/mol. The van der Waals surface area contributed by atoms with Crippen LogP contribution >= 0.6 is 11.3 Å². The maximum atomic E-state index is 14.2. The molecule has 25 heavy (non-hydrogen) atoms. The quantitative estimate of drug-likeness (QED) is 0.723. The molecule has 0 bridgehead atoms. The zero-order chi connectivity index (χ0) is 18.1. The van der Waals surface area contributed by atoms with Crippen molar-refractivity contribution in [1.82, 2.24) is 4.57 Å². The van der Waals surface area contributed by atoms with Crippen LogP contribution in [0.25, 0.3) is 10.9 Å². The van der Waals surface area contributed by atoms with Gasteiger partial charge in [-0.25, -0.2) is 4.39 Å². The van der Waals surface area contributed by atoms with Crippen LogP contribution in [-0.2, 0) is 17.8 Å². The van der Waals surface area contributed by atoms with E-state index in [0.717, 1.165) is 16.3 Å². The van der Waals surface area contributed by atoms with Gasteiger partial charge in [-0.05, 0) is 35.6 Å². The van der Waals surface area contributed by atoms with Gasteiger partial charge >= 0.3 is 5.97 Å². The molecule has 0 amide bonds. The van der Waals surface area contributed by atoms with Crippen LogP contribution < -0.4 is 9.47 Å². The zero-order valence-corrected chi connectivity index (χ0v) is 14.9. The van der Waals surface area contributed by atoms with Gasteiger partial charge in [-0.3, -0.25) is 4.79 Å². The minimum atomic E-state index is -0.928. The normalized spacial score (nSPS) is 11.0. The molecule has 3 rings (SSSR count). The Bertz CT molecular complexity index is 944. The molecule has 0 spiro atoms. The fourth-order valence-electron chi connectivity index (χ4n) is 3.01. The van der Waals surface area contributed by atoms with Gasteiger partial charge in [-0.15, -0.1) is 11.3 Å². The summed E-state index contributed by atoms with van der Waals surface area (Å²) in [4.78, 5) is 11.3. The summed E-state index contributed by atoms with van der Waals surface area (Å²) in [5.74, 6) is -1.30. The van der Waals surface area contributed by atoms with E-state index in [2.05, 4.69) is 0 Å². The van der Waals surface area contributed by atoms with Crippen LogP contribution in [0.4, 0.5) is 4.39 Å². The predicted octanol–water partition coefficient (Wildman–Crippen LogP) is 3.84. The second-order valence-corrected chi connectivity index (χ2v) is 6.58. The van der Waals surface area contributed by atoms with Crippen molar-refractivity contribution in [3.63, 3.8) is 0 Å². The number of aliphatic carboxylic acids is 1. The van der Waals surface area contributed by atoms with E-state index in [1.54, 1.807) is 13.2 Å². The largest absolute Gasteiger partial charge is 0.494 e. The lowest BCUT2D eigenvalue weighted by Gasteiger charge is -2.08. The summed E-state index contributed by atoms with van der Waals surface area (Å²) in [6.45, 7) is 2.36. The number of thiophene rings is 1. The Hall–Kier alpha value is -2.54. The summed E-state index contributed by atoms with van der Waals surface area (Å²) >= 11 is 1.48. The Morgan fingerprint density at radius 3 is 2.64 bits per heavy atom. The van der Waals surface area contributed by atoms with Gasteiger partial charge in [0.1, 0.15) is 0 Å². The van der Waals surface area contributed by atoms with Crippen LogP contribution in [0.3, 0.4) is 0 Å². The fourth-order valence-corrected chi connectivity index (χ4v) is 3.73. The molecule has 0 atom stereocenters. The lowest BCUT2D eigenvalue weighted by molar-refractivity contribution is -0.136. The van der Waals surface area contributed by atoms with Gasteiger partial charge < -0.3 is 19.1 Å². The molecule has 0 radical (unpaired) electrons. The van der Waals surface area contributed by atoms with Gasteiger partial charge in [-0.1, -0.05) is 0 Å². The van der Waals surface area contributed by atoms with Gasteiger partial charge in [0.25, 0.3) is 0 Å². The third kappa shape index (κ3) is 3.19. The first-order valence-electron chi connectivity index (χ1n) is 7.63. The third-order valence-corrected chi connectivity index (χ3v) is 5.16. The zero-order valence-electron chi connectivity index (χ0n) is 14.1. The maximum Gasteiger partial charge on any atom is 0.307 e. The molecule has 0 aliphatic carbocycles. The number of rotatable bonds is 6. The molecule has 0 saturated heterocycles. The molecular formula is C18H18FNO4S. The summed E-state index contributed by atoms with van der Waals surface area (Å²) in [5.41, 5.74) is 3.13. The molecule has 2 aromatic heterocycles. The minimum Gasteiger partial charge on any atom is -0.494 e. The highest BCUT2D eigenvalue weighted by atomic mass is 32.1. The fraction of sp³-hybridized carbons (Fsp3) is 0.278. The van der Waals surface area contributed by atoms with E-state index in [1.807, 2.05) is 22.9 Å². The highest BCUT2D eigenvalue weighted by Gasteiger charge is 2.19. The van der Waals surface area contributed by atoms with Crippen LogP contribution in [0.1, 0.15) is 16.8 Å². The SMILES string of the molecule is COc1cc(Cn2c(C)c(CC(=O)O)c3cc(OC)c(F)cc32)cs1. The predicted molar refractivity (Wildman–Crippen MR) is 94.5 cm³/mol. The highest BCUT2D eigenvalue weighted by Crippen LogP contribution is 2.33. The summed E-state index contributed by atoms with van der Waals surface area (Å²) in [6.07, 6.45) is -0.128. The lowest BCUT2D eigenvalue weighted by atomic mass is 10.1. The number of hydrogen-bond donors (Lipinski definition) is 1. The molecule has 0 unspecified atom stereocenters. The molecule has 132 valence electrons. The summed E-state index contributed by atoms with van der Waals surface area (Å²) in [6, 6.07) is 4.89. The standard InChI is InChI=1S/C18H18FNO4S/c1-10-12(6-17(21)22)13-5-16(23-2)14(19)7-15(13)20(10)8-11-4-18(24-3)25-9-11/h4-5,7,9H,6,8H2,1-3H3,(H,21,22). The van der Waals surface area contributed by atoms with E-state index in [0.29, 0.717) is 23.0 Å². The Balaban J connectivity index is 2.17. The van der Waals surface area contributed by atoms with Crippen molar-refractivity contribution in [1.29, 1.82) is 0 Å². The number of ether oxygens (including phenoxy) is 2.